The number of rotatable bonds is 3. The molecule has 1 aliphatic rings. The molecule has 2 heterocycles. The van der Waals surface area contributed by atoms with Crippen molar-refractivity contribution in [1.29, 1.82) is 0 Å². The first-order valence-corrected chi connectivity index (χ1v) is 10.5. The Labute approximate surface area is 185 Å². The van der Waals surface area contributed by atoms with E-state index in [4.69, 9.17) is 0 Å². The fourth-order valence-corrected chi connectivity index (χ4v) is 4.36. The zero-order chi connectivity index (χ0) is 22.4. The molecule has 1 atom stereocenters. The van der Waals surface area contributed by atoms with E-state index in [-0.39, 0.29) is 11.3 Å². The van der Waals surface area contributed by atoms with Crippen molar-refractivity contribution in [2.75, 3.05) is 4.90 Å². The summed E-state index contributed by atoms with van der Waals surface area (Å²) in [6.07, 6.45) is 1.81. The molecular weight excluding hydrogens is 400 g/mol. The van der Waals surface area contributed by atoms with Gasteiger partial charge in [0, 0.05) is 33.9 Å². The normalized spacial score (nSPS) is 17.9. The Morgan fingerprint density at radius 1 is 0.906 bits per heavy atom. The number of anilines is 1. The Balaban J connectivity index is 1.78. The van der Waals surface area contributed by atoms with E-state index in [1.807, 2.05) is 80.7 Å². The van der Waals surface area contributed by atoms with Gasteiger partial charge in [0.15, 0.2) is 0 Å². The molecule has 4 aromatic rings. The average molecular weight is 422 g/mol. The topological polar surface area (TPSA) is 73.4 Å². The Morgan fingerprint density at radius 2 is 1.66 bits per heavy atom. The van der Waals surface area contributed by atoms with Crippen LogP contribution in [0.1, 0.15) is 28.3 Å². The van der Waals surface area contributed by atoms with E-state index < -0.39 is 17.7 Å². The number of aryl methyl sites for hydroxylation is 2. The quantitative estimate of drug-likeness (QED) is 0.263. The highest BCUT2D eigenvalue weighted by molar-refractivity contribution is 6.51. The van der Waals surface area contributed by atoms with Gasteiger partial charge in [-0.3, -0.25) is 14.5 Å². The number of aliphatic hydroxyl groups is 1. The second-order valence-corrected chi connectivity index (χ2v) is 8.16. The van der Waals surface area contributed by atoms with Crippen LogP contribution < -0.4 is 4.90 Å². The van der Waals surface area contributed by atoms with Gasteiger partial charge in [-0.25, -0.2) is 0 Å². The number of aliphatic hydroxyl groups excluding tert-OH is 1. The first-order chi connectivity index (χ1) is 15.5. The number of nitrogens with zero attached hydrogens (tertiary/aromatic N) is 1. The minimum atomic E-state index is -0.755. The first kappa shape index (κ1) is 19.8. The summed E-state index contributed by atoms with van der Waals surface area (Å²) < 4.78 is 0. The van der Waals surface area contributed by atoms with Crippen LogP contribution in [0.5, 0.6) is 0 Å². The molecule has 0 saturated carbocycles. The molecule has 0 aliphatic carbocycles. The third-order valence-corrected chi connectivity index (χ3v) is 5.97. The van der Waals surface area contributed by atoms with Gasteiger partial charge in [-0.1, -0.05) is 60.2 Å². The van der Waals surface area contributed by atoms with Crippen LogP contribution in [-0.2, 0) is 9.59 Å². The number of aromatic amines is 1. The van der Waals surface area contributed by atoms with Crippen molar-refractivity contribution in [3.05, 3.63) is 107 Å². The molecule has 0 spiro atoms. The lowest BCUT2D eigenvalue weighted by Gasteiger charge is -2.25. The Bertz CT molecular complexity index is 1400. The number of amides is 1. The summed E-state index contributed by atoms with van der Waals surface area (Å²) in [4.78, 5) is 31.3. The number of H-pyrrole nitrogens is 1. The van der Waals surface area contributed by atoms with E-state index in [0.717, 1.165) is 27.6 Å². The van der Waals surface area contributed by atoms with Crippen molar-refractivity contribution in [2.24, 2.45) is 0 Å². The minimum absolute atomic E-state index is 0.0881. The molecule has 1 unspecified atom stereocenters. The molecule has 1 fully saturated rings. The van der Waals surface area contributed by atoms with Gasteiger partial charge in [0.25, 0.3) is 11.7 Å². The molecule has 1 aromatic heterocycles. The summed E-state index contributed by atoms with van der Waals surface area (Å²) in [5.41, 5.74) is 4.87. The Morgan fingerprint density at radius 3 is 2.41 bits per heavy atom. The molecule has 1 aliphatic heterocycles. The summed E-state index contributed by atoms with van der Waals surface area (Å²) >= 11 is 0. The molecule has 1 amide bonds. The van der Waals surface area contributed by atoms with Crippen molar-refractivity contribution < 1.29 is 14.7 Å². The van der Waals surface area contributed by atoms with E-state index in [1.54, 1.807) is 12.1 Å². The van der Waals surface area contributed by atoms with Crippen LogP contribution in [0.2, 0.25) is 0 Å². The number of fused-ring (bicyclic) bond motifs is 1. The maximum absolute atomic E-state index is 13.3. The predicted molar refractivity (Wildman–Crippen MR) is 125 cm³/mol. The number of carbonyl (C=O) groups excluding carboxylic acids is 2. The molecule has 1 saturated heterocycles. The van der Waals surface area contributed by atoms with E-state index in [1.165, 1.54) is 4.90 Å². The summed E-state index contributed by atoms with van der Waals surface area (Å²) in [7, 11) is 0. The maximum Gasteiger partial charge on any atom is 0.300 e. The lowest BCUT2D eigenvalue weighted by atomic mass is 9.94. The largest absolute Gasteiger partial charge is 0.507 e. The van der Waals surface area contributed by atoms with Gasteiger partial charge >= 0.3 is 0 Å². The van der Waals surface area contributed by atoms with Crippen molar-refractivity contribution in [3.63, 3.8) is 0 Å². The summed E-state index contributed by atoms with van der Waals surface area (Å²) in [6.45, 7) is 3.89. The fraction of sp³-hybridized carbons (Fsp3) is 0.111. The van der Waals surface area contributed by atoms with E-state index in [2.05, 4.69) is 4.98 Å². The molecule has 0 radical (unpaired) electrons. The number of nitrogens with one attached hydrogen (secondary N) is 1. The highest BCUT2D eigenvalue weighted by Crippen LogP contribution is 2.44. The molecule has 32 heavy (non-hydrogen) atoms. The molecule has 5 rings (SSSR count). The van der Waals surface area contributed by atoms with Crippen molar-refractivity contribution in [1.82, 2.24) is 4.98 Å². The number of para-hydroxylation sites is 1. The summed E-state index contributed by atoms with van der Waals surface area (Å²) in [6, 6.07) is 21.7. The van der Waals surface area contributed by atoms with Gasteiger partial charge in [0.05, 0.1) is 11.6 Å². The van der Waals surface area contributed by atoms with Gasteiger partial charge < -0.3 is 10.1 Å². The molecule has 3 aromatic carbocycles. The van der Waals surface area contributed by atoms with Crippen LogP contribution in [0, 0.1) is 13.8 Å². The average Bonchev–Trinajstić information content (AvgIpc) is 3.32. The minimum Gasteiger partial charge on any atom is -0.507 e. The van der Waals surface area contributed by atoms with Gasteiger partial charge in [-0.05, 0) is 37.6 Å². The maximum atomic E-state index is 13.3. The standard InChI is InChI=1S/C27H22N2O3/c1-16-10-12-18(13-11-16)25(30)23-24(21-15-28-22-9-4-3-8-20(21)22)29(27(32)26(23)31)19-7-5-6-17(2)14-19/h3-15,24,28,30H,1-2H3/b25-23+. The molecule has 158 valence electrons. The summed E-state index contributed by atoms with van der Waals surface area (Å²) in [5.74, 6) is -1.52. The van der Waals surface area contributed by atoms with Crippen LogP contribution in [0.4, 0.5) is 5.69 Å². The van der Waals surface area contributed by atoms with Gasteiger partial charge in [-0.2, -0.15) is 0 Å². The lowest BCUT2D eigenvalue weighted by molar-refractivity contribution is -0.132. The Kier molecular flexibility index (Phi) is 4.67. The van der Waals surface area contributed by atoms with Crippen LogP contribution in [0.3, 0.4) is 0 Å². The number of Topliss-reactive ketones (excluding diaryl/α,β-unsaturated/α-hetero) is 1. The van der Waals surface area contributed by atoms with Crippen molar-refractivity contribution in [3.8, 4) is 0 Å². The van der Waals surface area contributed by atoms with Gasteiger partial charge in [0.1, 0.15) is 5.76 Å². The zero-order valence-corrected chi connectivity index (χ0v) is 17.8. The summed E-state index contributed by atoms with van der Waals surface area (Å²) in [5, 5.41) is 12.1. The van der Waals surface area contributed by atoms with Crippen LogP contribution >= 0.6 is 0 Å². The highest BCUT2D eigenvalue weighted by Gasteiger charge is 2.47. The van der Waals surface area contributed by atoms with Crippen LogP contribution in [0.15, 0.2) is 84.6 Å². The number of benzene rings is 3. The van der Waals surface area contributed by atoms with Crippen molar-refractivity contribution in [2.45, 2.75) is 19.9 Å². The smallest absolute Gasteiger partial charge is 0.300 e. The molecule has 2 N–H and O–H groups in total. The SMILES string of the molecule is Cc1ccc(/C(O)=C2\C(=O)C(=O)N(c3cccc(C)c3)C2c2c[nH]c3ccccc23)cc1. The van der Waals surface area contributed by atoms with E-state index >= 15 is 0 Å². The fourth-order valence-electron chi connectivity index (χ4n) is 4.36. The number of carbonyl (C=O) groups is 2. The van der Waals surface area contributed by atoms with E-state index in [0.29, 0.717) is 11.3 Å². The van der Waals surface area contributed by atoms with Crippen LogP contribution in [0.25, 0.3) is 16.7 Å². The zero-order valence-electron chi connectivity index (χ0n) is 17.8. The second-order valence-electron chi connectivity index (χ2n) is 8.16. The van der Waals surface area contributed by atoms with Gasteiger partial charge in [-0.15, -0.1) is 0 Å². The number of hydrogen-bond donors (Lipinski definition) is 2. The predicted octanol–water partition coefficient (Wildman–Crippen LogP) is 5.41. The van der Waals surface area contributed by atoms with Gasteiger partial charge in [0.2, 0.25) is 0 Å². The lowest BCUT2D eigenvalue weighted by Crippen LogP contribution is -2.29. The third-order valence-electron chi connectivity index (χ3n) is 5.97. The second kappa shape index (κ2) is 7.54. The van der Waals surface area contributed by atoms with Crippen molar-refractivity contribution >= 4 is 34.0 Å². The van der Waals surface area contributed by atoms with Crippen LogP contribution in [-0.4, -0.2) is 21.8 Å². The molecular formula is C27H22N2O3. The molecule has 5 nitrogen and oxygen atoms in total. The van der Waals surface area contributed by atoms with E-state index in [9.17, 15) is 14.7 Å². The highest BCUT2D eigenvalue weighted by atomic mass is 16.3. The Hall–Kier alpha value is -4.12. The monoisotopic (exact) mass is 422 g/mol. The molecule has 0 bridgehead atoms. The molecule has 5 heteroatoms. The number of aromatic nitrogens is 1. The first-order valence-electron chi connectivity index (χ1n) is 10.5. The number of hydrogen-bond acceptors (Lipinski definition) is 3. The number of ketones is 1. The third kappa shape index (κ3) is 3.10.